The third-order valence-corrected chi connectivity index (χ3v) is 3.74. The molecule has 0 bridgehead atoms. The summed E-state index contributed by atoms with van der Waals surface area (Å²) in [5, 5.41) is 5.86. The molecule has 3 rings (SSSR count). The van der Waals surface area contributed by atoms with Gasteiger partial charge < -0.3 is 10.6 Å². The fraction of sp³-hybridized carbons (Fsp3) is 0.0526. The minimum Gasteiger partial charge on any atom is -0.354 e. The molecule has 1 amide bonds. The highest BCUT2D eigenvalue weighted by atomic mass is 35.5. The monoisotopic (exact) mass is 355 g/mol. The number of hydrogen-bond donors (Lipinski definition) is 2. The number of nitrogens with one attached hydrogen (secondary N) is 2. The lowest BCUT2D eigenvalue weighted by Crippen LogP contribution is -2.15. The quantitative estimate of drug-likeness (QED) is 0.691. The van der Waals surface area contributed by atoms with E-state index in [4.69, 9.17) is 11.6 Å². The SMILES string of the molecule is O=C(Cc1ccccc1)Nc1ccc(Nc2ccc(F)c(Cl)c2)cn1. The molecule has 25 heavy (non-hydrogen) atoms. The van der Waals surface area contributed by atoms with Gasteiger partial charge in [0, 0.05) is 5.69 Å². The zero-order chi connectivity index (χ0) is 17.6. The molecule has 0 saturated carbocycles. The molecule has 0 unspecified atom stereocenters. The van der Waals surface area contributed by atoms with E-state index in [-0.39, 0.29) is 17.4 Å². The fourth-order valence-corrected chi connectivity index (χ4v) is 2.43. The Hall–Kier alpha value is -2.92. The van der Waals surface area contributed by atoms with Crippen LogP contribution in [0.3, 0.4) is 0 Å². The summed E-state index contributed by atoms with van der Waals surface area (Å²) in [7, 11) is 0. The largest absolute Gasteiger partial charge is 0.354 e. The number of benzene rings is 2. The maximum Gasteiger partial charge on any atom is 0.229 e. The predicted molar refractivity (Wildman–Crippen MR) is 97.7 cm³/mol. The summed E-state index contributed by atoms with van der Waals surface area (Å²) in [6.07, 6.45) is 1.87. The summed E-state index contributed by atoms with van der Waals surface area (Å²) in [5.41, 5.74) is 2.28. The first kappa shape index (κ1) is 16.9. The van der Waals surface area contributed by atoms with Crippen LogP contribution in [0.15, 0.2) is 66.9 Å². The van der Waals surface area contributed by atoms with Crippen LogP contribution in [0.4, 0.5) is 21.6 Å². The number of nitrogens with zero attached hydrogens (tertiary/aromatic N) is 1. The van der Waals surface area contributed by atoms with Gasteiger partial charge in [0.2, 0.25) is 5.91 Å². The summed E-state index contributed by atoms with van der Waals surface area (Å²) >= 11 is 5.75. The molecule has 0 aliphatic carbocycles. The van der Waals surface area contributed by atoms with E-state index in [1.54, 1.807) is 24.4 Å². The minimum absolute atomic E-state index is 0.0442. The Balaban J connectivity index is 1.60. The van der Waals surface area contributed by atoms with E-state index in [1.165, 1.54) is 12.1 Å². The summed E-state index contributed by atoms with van der Waals surface area (Å²) in [6.45, 7) is 0. The van der Waals surface area contributed by atoms with Crippen LogP contribution in [-0.4, -0.2) is 10.9 Å². The third kappa shape index (κ3) is 4.78. The Kier molecular flexibility index (Phi) is 5.26. The molecule has 1 aromatic heterocycles. The van der Waals surface area contributed by atoms with Crippen molar-refractivity contribution in [1.29, 1.82) is 0 Å². The van der Waals surface area contributed by atoms with E-state index in [0.29, 0.717) is 17.2 Å². The molecular formula is C19H15ClFN3O. The van der Waals surface area contributed by atoms with E-state index in [9.17, 15) is 9.18 Å². The van der Waals surface area contributed by atoms with Gasteiger partial charge in [-0.3, -0.25) is 4.79 Å². The van der Waals surface area contributed by atoms with Gasteiger partial charge in [-0.05, 0) is 35.9 Å². The first-order chi connectivity index (χ1) is 12.1. The van der Waals surface area contributed by atoms with Crippen molar-refractivity contribution in [3.8, 4) is 0 Å². The smallest absolute Gasteiger partial charge is 0.229 e. The molecule has 0 spiro atoms. The lowest BCUT2D eigenvalue weighted by Gasteiger charge is -2.08. The van der Waals surface area contributed by atoms with Crippen molar-refractivity contribution in [1.82, 2.24) is 4.98 Å². The van der Waals surface area contributed by atoms with Crippen LogP contribution in [0, 0.1) is 5.82 Å². The molecule has 4 nitrogen and oxygen atoms in total. The summed E-state index contributed by atoms with van der Waals surface area (Å²) in [6, 6.07) is 17.3. The van der Waals surface area contributed by atoms with Crippen molar-refractivity contribution >= 4 is 34.7 Å². The molecule has 126 valence electrons. The van der Waals surface area contributed by atoms with E-state index in [2.05, 4.69) is 15.6 Å². The van der Waals surface area contributed by atoms with Crippen molar-refractivity contribution in [3.63, 3.8) is 0 Å². The highest BCUT2D eigenvalue weighted by Gasteiger charge is 2.05. The molecule has 1 heterocycles. The molecule has 0 saturated heterocycles. The van der Waals surface area contributed by atoms with Gasteiger partial charge in [0.05, 0.1) is 23.3 Å². The van der Waals surface area contributed by atoms with Crippen LogP contribution < -0.4 is 10.6 Å². The molecule has 0 aliphatic heterocycles. The Bertz CT molecular complexity index is 870. The second kappa shape index (κ2) is 7.77. The highest BCUT2D eigenvalue weighted by Crippen LogP contribution is 2.22. The number of amides is 1. The van der Waals surface area contributed by atoms with Crippen molar-refractivity contribution in [2.24, 2.45) is 0 Å². The maximum atomic E-state index is 13.2. The predicted octanol–water partition coefficient (Wildman–Crippen LogP) is 4.80. The Morgan fingerprint density at radius 1 is 1.04 bits per heavy atom. The Morgan fingerprint density at radius 2 is 1.80 bits per heavy atom. The highest BCUT2D eigenvalue weighted by molar-refractivity contribution is 6.31. The van der Waals surface area contributed by atoms with Gasteiger partial charge >= 0.3 is 0 Å². The number of carbonyl (C=O) groups excluding carboxylic acids is 1. The van der Waals surface area contributed by atoms with Gasteiger partial charge in [-0.2, -0.15) is 0 Å². The molecule has 0 radical (unpaired) electrons. The number of anilines is 3. The van der Waals surface area contributed by atoms with E-state index >= 15 is 0 Å². The number of halogens is 2. The van der Waals surface area contributed by atoms with E-state index < -0.39 is 5.82 Å². The molecular weight excluding hydrogens is 341 g/mol. The minimum atomic E-state index is -0.471. The summed E-state index contributed by atoms with van der Waals surface area (Å²) in [4.78, 5) is 16.2. The normalized spacial score (nSPS) is 10.3. The first-order valence-electron chi connectivity index (χ1n) is 7.62. The number of rotatable bonds is 5. The Labute approximate surface area is 149 Å². The lowest BCUT2D eigenvalue weighted by molar-refractivity contribution is -0.115. The average molecular weight is 356 g/mol. The molecule has 0 atom stereocenters. The lowest BCUT2D eigenvalue weighted by atomic mass is 10.1. The fourth-order valence-electron chi connectivity index (χ4n) is 2.25. The van der Waals surface area contributed by atoms with E-state index in [0.717, 1.165) is 5.56 Å². The van der Waals surface area contributed by atoms with Gasteiger partial charge in [0.15, 0.2) is 0 Å². The number of pyridine rings is 1. The number of aromatic nitrogens is 1. The van der Waals surface area contributed by atoms with Crippen molar-refractivity contribution in [2.45, 2.75) is 6.42 Å². The standard InChI is InChI=1S/C19H15ClFN3O/c20-16-11-14(6-8-17(16)21)23-15-7-9-18(22-12-15)24-19(25)10-13-4-2-1-3-5-13/h1-9,11-12,23H,10H2,(H,22,24,25). The third-order valence-electron chi connectivity index (χ3n) is 3.45. The first-order valence-corrected chi connectivity index (χ1v) is 8.00. The molecule has 2 N–H and O–H groups in total. The Morgan fingerprint density at radius 3 is 2.48 bits per heavy atom. The number of carbonyl (C=O) groups is 1. The molecule has 6 heteroatoms. The van der Waals surface area contributed by atoms with Crippen molar-refractivity contribution < 1.29 is 9.18 Å². The second-order valence-electron chi connectivity index (χ2n) is 5.40. The van der Waals surface area contributed by atoms with Crippen LogP contribution >= 0.6 is 11.6 Å². The van der Waals surface area contributed by atoms with Gasteiger partial charge in [-0.25, -0.2) is 9.37 Å². The van der Waals surface area contributed by atoms with Gasteiger partial charge in [-0.1, -0.05) is 41.9 Å². The van der Waals surface area contributed by atoms with Crippen LogP contribution in [0.25, 0.3) is 0 Å². The van der Waals surface area contributed by atoms with E-state index in [1.807, 2.05) is 30.3 Å². The second-order valence-corrected chi connectivity index (χ2v) is 5.80. The average Bonchev–Trinajstić information content (AvgIpc) is 2.61. The van der Waals surface area contributed by atoms with Crippen LogP contribution in [-0.2, 0) is 11.2 Å². The van der Waals surface area contributed by atoms with Crippen LogP contribution in [0.2, 0.25) is 5.02 Å². The van der Waals surface area contributed by atoms with Gasteiger partial charge in [0.1, 0.15) is 11.6 Å². The van der Waals surface area contributed by atoms with Crippen molar-refractivity contribution in [3.05, 3.63) is 83.3 Å². The maximum absolute atomic E-state index is 13.2. The summed E-state index contributed by atoms with van der Waals surface area (Å²) < 4.78 is 13.2. The zero-order valence-electron chi connectivity index (χ0n) is 13.2. The molecule has 3 aromatic rings. The molecule has 2 aromatic carbocycles. The van der Waals surface area contributed by atoms with Crippen LogP contribution in [0.1, 0.15) is 5.56 Å². The van der Waals surface area contributed by atoms with Crippen LogP contribution in [0.5, 0.6) is 0 Å². The van der Waals surface area contributed by atoms with Gasteiger partial charge in [-0.15, -0.1) is 0 Å². The topological polar surface area (TPSA) is 54.0 Å². The van der Waals surface area contributed by atoms with Crippen molar-refractivity contribution in [2.75, 3.05) is 10.6 Å². The molecule has 0 aliphatic rings. The molecule has 0 fully saturated rings. The zero-order valence-corrected chi connectivity index (χ0v) is 13.9. The number of hydrogen-bond acceptors (Lipinski definition) is 3. The van der Waals surface area contributed by atoms with Gasteiger partial charge in [0.25, 0.3) is 0 Å². The summed E-state index contributed by atoms with van der Waals surface area (Å²) in [5.74, 6) is -0.143.